The van der Waals surface area contributed by atoms with E-state index in [-0.39, 0.29) is 5.92 Å². The van der Waals surface area contributed by atoms with Gasteiger partial charge in [-0.05, 0) is 55.3 Å². The summed E-state index contributed by atoms with van der Waals surface area (Å²) in [6.45, 7) is 1.98. The van der Waals surface area contributed by atoms with E-state index in [1.54, 1.807) is 6.07 Å². The highest BCUT2D eigenvalue weighted by Gasteiger charge is 2.38. The summed E-state index contributed by atoms with van der Waals surface area (Å²) in [5.74, 6) is 1.45. The summed E-state index contributed by atoms with van der Waals surface area (Å²) in [5, 5.41) is 3.39. The Hall–Kier alpha value is -1.03. The molecule has 2 aliphatic rings. The molecule has 0 unspecified atom stereocenters. The van der Waals surface area contributed by atoms with Crippen molar-refractivity contribution in [2.75, 3.05) is 13.1 Å². The molecule has 0 amide bonds. The minimum absolute atomic E-state index is 0.288. The second-order valence-corrected chi connectivity index (χ2v) is 5.74. The molecule has 3 rings (SSSR count). The molecular weight excluding hydrogens is 251 g/mol. The number of hydrogen-bond acceptors (Lipinski definition) is 1. The highest BCUT2D eigenvalue weighted by Crippen LogP contribution is 2.43. The van der Waals surface area contributed by atoms with Crippen LogP contribution in [0.4, 0.5) is 13.2 Å². The van der Waals surface area contributed by atoms with E-state index in [0.717, 1.165) is 37.6 Å². The fourth-order valence-corrected chi connectivity index (χ4v) is 3.71. The number of halogens is 3. The highest BCUT2D eigenvalue weighted by molar-refractivity contribution is 5.29. The fraction of sp³-hybridized carbons (Fsp3) is 0.600. The Labute approximate surface area is 111 Å². The van der Waals surface area contributed by atoms with Crippen LogP contribution in [-0.4, -0.2) is 13.1 Å². The van der Waals surface area contributed by atoms with Gasteiger partial charge in [0.15, 0.2) is 0 Å². The second-order valence-electron chi connectivity index (χ2n) is 5.74. The second kappa shape index (κ2) is 4.82. The minimum Gasteiger partial charge on any atom is -0.316 e. The monoisotopic (exact) mass is 269 g/mol. The molecule has 2 fully saturated rings. The Bertz CT molecular complexity index is 455. The van der Waals surface area contributed by atoms with E-state index in [1.165, 1.54) is 12.5 Å². The first-order valence-electron chi connectivity index (χ1n) is 6.93. The van der Waals surface area contributed by atoms with Crippen molar-refractivity contribution in [3.63, 3.8) is 0 Å². The van der Waals surface area contributed by atoms with Gasteiger partial charge in [0.2, 0.25) is 0 Å². The van der Waals surface area contributed by atoms with Crippen LogP contribution in [0.1, 0.15) is 36.3 Å². The zero-order chi connectivity index (χ0) is 13.5. The highest BCUT2D eigenvalue weighted by atomic mass is 19.4. The van der Waals surface area contributed by atoms with Crippen LogP contribution < -0.4 is 5.32 Å². The van der Waals surface area contributed by atoms with Crippen molar-refractivity contribution in [2.45, 2.75) is 31.4 Å². The molecule has 0 spiro atoms. The van der Waals surface area contributed by atoms with E-state index in [9.17, 15) is 13.2 Å². The van der Waals surface area contributed by atoms with Crippen LogP contribution in [0.2, 0.25) is 0 Å². The molecular formula is C15H18F3N. The van der Waals surface area contributed by atoms with Gasteiger partial charge in [-0.1, -0.05) is 24.6 Å². The van der Waals surface area contributed by atoms with E-state index in [1.807, 2.05) is 6.07 Å². The maximum absolute atomic E-state index is 12.8. The van der Waals surface area contributed by atoms with Gasteiger partial charge in [0.1, 0.15) is 0 Å². The molecule has 0 bridgehead atoms. The number of fused-ring (bicyclic) bond motifs is 1. The molecule has 1 aliphatic carbocycles. The molecule has 3 atom stereocenters. The van der Waals surface area contributed by atoms with Gasteiger partial charge in [-0.2, -0.15) is 13.2 Å². The first kappa shape index (κ1) is 13.0. The number of alkyl halides is 3. The third-order valence-corrected chi connectivity index (χ3v) is 4.64. The van der Waals surface area contributed by atoms with Gasteiger partial charge in [-0.15, -0.1) is 0 Å². The van der Waals surface area contributed by atoms with E-state index < -0.39 is 11.7 Å². The molecule has 1 heterocycles. The van der Waals surface area contributed by atoms with Crippen LogP contribution >= 0.6 is 0 Å². The van der Waals surface area contributed by atoms with Crippen LogP contribution in [0.15, 0.2) is 24.3 Å². The zero-order valence-electron chi connectivity index (χ0n) is 10.7. The molecule has 0 aromatic heterocycles. The van der Waals surface area contributed by atoms with Crippen molar-refractivity contribution in [3.8, 4) is 0 Å². The van der Waals surface area contributed by atoms with Crippen molar-refractivity contribution in [2.24, 2.45) is 11.8 Å². The van der Waals surface area contributed by atoms with Gasteiger partial charge in [-0.25, -0.2) is 0 Å². The van der Waals surface area contributed by atoms with Crippen LogP contribution in [0.5, 0.6) is 0 Å². The standard InChI is InChI=1S/C15H18F3N/c16-15(17,18)12-5-1-3-10(7-12)13-6-2-4-11-8-19-9-14(11)13/h1,3,5,7,11,13-14,19H,2,4,6,8-9H2/t11-,13-,14+/m0/s1. The normalized spacial score (nSPS) is 31.2. The Balaban J connectivity index is 1.89. The summed E-state index contributed by atoms with van der Waals surface area (Å²) in [5.41, 5.74) is 0.353. The zero-order valence-corrected chi connectivity index (χ0v) is 10.7. The fourth-order valence-electron chi connectivity index (χ4n) is 3.71. The smallest absolute Gasteiger partial charge is 0.316 e. The predicted molar refractivity (Wildman–Crippen MR) is 67.9 cm³/mol. The Morgan fingerprint density at radius 3 is 2.74 bits per heavy atom. The molecule has 1 nitrogen and oxygen atoms in total. The van der Waals surface area contributed by atoms with Gasteiger partial charge in [-0.3, -0.25) is 0 Å². The number of nitrogens with one attached hydrogen (secondary N) is 1. The third-order valence-electron chi connectivity index (χ3n) is 4.64. The SMILES string of the molecule is FC(F)(F)c1cccc([C@@H]2CCC[C@H]3CNC[C@H]32)c1. The Kier molecular flexibility index (Phi) is 3.29. The summed E-state index contributed by atoms with van der Waals surface area (Å²) < 4.78 is 38.4. The topological polar surface area (TPSA) is 12.0 Å². The van der Waals surface area contributed by atoms with Crippen molar-refractivity contribution in [1.82, 2.24) is 5.32 Å². The number of hydrogen-bond donors (Lipinski definition) is 1. The molecule has 1 saturated carbocycles. The Morgan fingerprint density at radius 1 is 1.11 bits per heavy atom. The van der Waals surface area contributed by atoms with Crippen LogP contribution in [0.25, 0.3) is 0 Å². The van der Waals surface area contributed by atoms with Gasteiger partial charge < -0.3 is 5.32 Å². The summed E-state index contributed by atoms with van der Waals surface area (Å²) in [4.78, 5) is 0. The molecule has 1 saturated heterocycles. The Morgan fingerprint density at radius 2 is 1.95 bits per heavy atom. The van der Waals surface area contributed by atoms with Gasteiger partial charge >= 0.3 is 6.18 Å². The lowest BCUT2D eigenvalue weighted by Crippen LogP contribution is -2.25. The first-order chi connectivity index (χ1) is 9.05. The third kappa shape index (κ3) is 2.50. The van der Waals surface area contributed by atoms with E-state index >= 15 is 0 Å². The number of benzene rings is 1. The van der Waals surface area contributed by atoms with Crippen LogP contribution in [0, 0.1) is 11.8 Å². The van der Waals surface area contributed by atoms with E-state index in [2.05, 4.69) is 5.32 Å². The molecule has 1 aromatic carbocycles. The lowest BCUT2D eigenvalue weighted by Gasteiger charge is -2.33. The van der Waals surface area contributed by atoms with Gasteiger partial charge in [0.25, 0.3) is 0 Å². The van der Waals surface area contributed by atoms with Crippen molar-refractivity contribution in [1.29, 1.82) is 0 Å². The lowest BCUT2D eigenvalue weighted by molar-refractivity contribution is -0.137. The average Bonchev–Trinajstić information content (AvgIpc) is 2.86. The van der Waals surface area contributed by atoms with Crippen LogP contribution in [-0.2, 0) is 6.18 Å². The lowest BCUT2D eigenvalue weighted by atomic mass is 9.71. The van der Waals surface area contributed by atoms with Crippen molar-refractivity contribution in [3.05, 3.63) is 35.4 Å². The molecule has 19 heavy (non-hydrogen) atoms. The van der Waals surface area contributed by atoms with E-state index in [0.29, 0.717) is 11.8 Å². The summed E-state index contributed by atoms with van der Waals surface area (Å²) in [6, 6.07) is 5.92. The van der Waals surface area contributed by atoms with Crippen LogP contribution in [0.3, 0.4) is 0 Å². The molecule has 4 heteroatoms. The molecule has 104 valence electrons. The van der Waals surface area contributed by atoms with Gasteiger partial charge in [0, 0.05) is 0 Å². The van der Waals surface area contributed by atoms with Gasteiger partial charge in [0.05, 0.1) is 5.56 Å². The maximum Gasteiger partial charge on any atom is 0.416 e. The summed E-state index contributed by atoms with van der Waals surface area (Å²) in [6.07, 6.45) is -0.876. The summed E-state index contributed by atoms with van der Waals surface area (Å²) >= 11 is 0. The maximum atomic E-state index is 12.8. The molecule has 0 radical (unpaired) electrons. The molecule has 1 aliphatic heterocycles. The molecule has 1 aromatic rings. The minimum atomic E-state index is -4.24. The number of rotatable bonds is 1. The largest absolute Gasteiger partial charge is 0.416 e. The van der Waals surface area contributed by atoms with Crippen molar-refractivity contribution < 1.29 is 13.2 Å². The predicted octanol–water partition coefficient (Wildman–Crippen LogP) is 3.81. The van der Waals surface area contributed by atoms with E-state index in [4.69, 9.17) is 0 Å². The summed E-state index contributed by atoms with van der Waals surface area (Å²) in [7, 11) is 0. The quantitative estimate of drug-likeness (QED) is 0.817. The first-order valence-corrected chi connectivity index (χ1v) is 6.93. The molecule has 1 N–H and O–H groups in total. The average molecular weight is 269 g/mol. The van der Waals surface area contributed by atoms with Crippen molar-refractivity contribution >= 4 is 0 Å².